The Morgan fingerprint density at radius 3 is 3.00 bits per heavy atom. The van der Waals surface area contributed by atoms with E-state index in [1.807, 2.05) is 0 Å². The van der Waals surface area contributed by atoms with E-state index in [9.17, 15) is 0 Å². The first-order valence-corrected chi connectivity index (χ1v) is 5.87. The van der Waals surface area contributed by atoms with Gasteiger partial charge in [-0.25, -0.2) is 0 Å². The normalized spacial score (nSPS) is 34.6. The standard InChI is InChI=1S/C12H22N2/c1-10-4-7-14(8-5-10)9-12-3-6-13-11(12)2/h4,11-13H,3,5-9H2,1-2H3. The van der Waals surface area contributed by atoms with Gasteiger partial charge in [0.05, 0.1) is 0 Å². The van der Waals surface area contributed by atoms with Gasteiger partial charge in [0.1, 0.15) is 0 Å². The molecule has 2 aliphatic rings. The zero-order valence-corrected chi connectivity index (χ0v) is 9.42. The molecular formula is C12H22N2. The van der Waals surface area contributed by atoms with E-state index in [1.165, 1.54) is 39.0 Å². The third kappa shape index (κ3) is 2.37. The number of hydrogen-bond donors (Lipinski definition) is 1. The summed E-state index contributed by atoms with van der Waals surface area (Å²) < 4.78 is 0. The molecule has 0 aliphatic carbocycles. The van der Waals surface area contributed by atoms with E-state index in [-0.39, 0.29) is 0 Å². The van der Waals surface area contributed by atoms with Crippen molar-refractivity contribution in [2.45, 2.75) is 32.7 Å². The van der Waals surface area contributed by atoms with Crippen LogP contribution in [0.2, 0.25) is 0 Å². The Kier molecular flexibility index (Phi) is 3.24. The fourth-order valence-corrected chi connectivity index (χ4v) is 2.47. The summed E-state index contributed by atoms with van der Waals surface area (Å²) in [6.07, 6.45) is 5.02. The molecule has 2 rings (SSSR count). The van der Waals surface area contributed by atoms with Crippen LogP contribution in [-0.4, -0.2) is 37.1 Å². The van der Waals surface area contributed by atoms with Crippen molar-refractivity contribution in [3.8, 4) is 0 Å². The highest BCUT2D eigenvalue weighted by Crippen LogP contribution is 2.18. The number of nitrogens with one attached hydrogen (secondary N) is 1. The van der Waals surface area contributed by atoms with Gasteiger partial charge in [0.2, 0.25) is 0 Å². The molecule has 2 unspecified atom stereocenters. The van der Waals surface area contributed by atoms with E-state index in [2.05, 4.69) is 30.1 Å². The van der Waals surface area contributed by atoms with Crippen molar-refractivity contribution in [3.63, 3.8) is 0 Å². The van der Waals surface area contributed by atoms with Crippen LogP contribution in [0.1, 0.15) is 26.7 Å². The van der Waals surface area contributed by atoms with E-state index in [0.717, 1.165) is 12.0 Å². The molecule has 0 aromatic rings. The van der Waals surface area contributed by atoms with Crippen molar-refractivity contribution in [2.75, 3.05) is 26.2 Å². The first-order valence-electron chi connectivity index (χ1n) is 5.87. The molecule has 0 aromatic carbocycles. The van der Waals surface area contributed by atoms with Gasteiger partial charge in [-0.2, -0.15) is 0 Å². The van der Waals surface area contributed by atoms with Crippen LogP contribution < -0.4 is 5.32 Å². The van der Waals surface area contributed by atoms with Crippen LogP contribution >= 0.6 is 0 Å². The van der Waals surface area contributed by atoms with Crippen LogP contribution in [0.5, 0.6) is 0 Å². The van der Waals surface area contributed by atoms with Gasteiger partial charge in [0.25, 0.3) is 0 Å². The van der Waals surface area contributed by atoms with Crippen LogP contribution in [0.25, 0.3) is 0 Å². The van der Waals surface area contributed by atoms with Crippen molar-refractivity contribution in [1.82, 2.24) is 10.2 Å². The first-order chi connectivity index (χ1) is 6.75. The summed E-state index contributed by atoms with van der Waals surface area (Å²) in [6, 6.07) is 0.724. The van der Waals surface area contributed by atoms with Crippen molar-refractivity contribution >= 4 is 0 Å². The van der Waals surface area contributed by atoms with Gasteiger partial charge in [0, 0.05) is 25.7 Å². The van der Waals surface area contributed by atoms with Crippen LogP contribution in [0.15, 0.2) is 11.6 Å². The molecule has 0 spiro atoms. The lowest BCUT2D eigenvalue weighted by Gasteiger charge is -2.29. The number of rotatable bonds is 2. The fourth-order valence-electron chi connectivity index (χ4n) is 2.47. The molecule has 1 N–H and O–H groups in total. The van der Waals surface area contributed by atoms with E-state index < -0.39 is 0 Å². The molecule has 2 heterocycles. The molecular weight excluding hydrogens is 172 g/mol. The quantitative estimate of drug-likeness (QED) is 0.672. The average Bonchev–Trinajstić information content (AvgIpc) is 2.56. The third-order valence-electron chi connectivity index (χ3n) is 3.70. The summed E-state index contributed by atoms with van der Waals surface area (Å²) in [5, 5.41) is 3.53. The smallest absolute Gasteiger partial charge is 0.0165 e. The molecule has 0 saturated carbocycles. The highest BCUT2D eigenvalue weighted by Gasteiger charge is 2.25. The van der Waals surface area contributed by atoms with Gasteiger partial charge >= 0.3 is 0 Å². The van der Waals surface area contributed by atoms with Crippen LogP contribution in [0.4, 0.5) is 0 Å². The lowest BCUT2D eigenvalue weighted by atomic mass is 10.00. The average molecular weight is 194 g/mol. The van der Waals surface area contributed by atoms with E-state index >= 15 is 0 Å². The molecule has 80 valence electrons. The molecule has 1 saturated heterocycles. The minimum absolute atomic E-state index is 0.724. The molecule has 2 heteroatoms. The predicted octanol–water partition coefficient (Wildman–Crippen LogP) is 1.64. The Bertz CT molecular complexity index is 222. The maximum atomic E-state index is 3.53. The SMILES string of the molecule is CC1=CCN(CC2CCNC2C)CC1. The zero-order chi connectivity index (χ0) is 9.97. The maximum Gasteiger partial charge on any atom is 0.0165 e. The minimum atomic E-state index is 0.724. The van der Waals surface area contributed by atoms with Crippen LogP contribution in [0.3, 0.4) is 0 Å². The summed E-state index contributed by atoms with van der Waals surface area (Å²) in [4.78, 5) is 2.60. The Hall–Kier alpha value is -0.340. The maximum absolute atomic E-state index is 3.53. The van der Waals surface area contributed by atoms with Crippen LogP contribution in [-0.2, 0) is 0 Å². The lowest BCUT2D eigenvalue weighted by Crippen LogP contribution is -2.36. The molecule has 14 heavy (non-hydrogen) atoms. The molecule has 2 nitrogen and oxygen atoms in total. The first kappa shape index (κ1) is 10.2. The second-order valence-electron chi connectivity index (χ2n) is 4.85. The van der Waals surface area contributed by atoms with Gasteiger partial charge in [-0.05, 0) is 39.2 Å². The Morgan fingerprint density at radius 2 is 2.43 bits per heavy atom. The van der Waals surface area contributed by atoms with Gasteiger partial charge in [-0.3, -0.25) is 4.90 Å². The van der Waals surface area contributed by atoms with E-state index in [0.29, 0.717) is 0 Å². The summed E-state index contributed by atoms with van der Waals surface area (Å²) in [6.45, 7) is 9.52. The van der Waals surface area contributed by atoms with Gasteiger partial charge in [-0.15, -0.1) is 0 Å². The molecule has 0 aromatic heterocycles. The molecule has 2 aliphatic heterocycles. The fraction of sp³-hybridized carbons (Fsp3) is 0.833. The topological polar surface area (TPSA) is 15.3 Å². The number of nitrogens with zero attached hydrogens (tertiary/aromatic N) is 1. The van der Waals surface area contributed by atoms with Crippen molar-refractivity contribution in [3.05, 3.63) is 11.6 Å². The predicted molar refractivity (Wildman–Crippen MR) is 60.4 cm³/mol. The Balaban J connectivity index is 1.80. The summed E-state index contributed by atoms with van der Waals surface area (Å²) in [5.74, 6) is 0.877. The Morgan fingerprint density at radius 1 is 1.57 bits per heavy atom. The van der Waals surface area contributed by atoms with Gasteiger partial charge < -0.3 is 5.32 Å². The third-order valence-corrected chi connectivity index (χ3v) is 3.70. The van der Waals surface area contributed by atoms with Crippen molar-refractivity contribution in [1.29, 1.82) is 0 Å². The second-order valence-corrected chi connectivity index (χ2v) is 4.85. The molecule has 0 bridgehead atoms. The Labute approximate surface area is 87.4 Å². The molecule has 0 radical (unpaired) electrons. The van der Waals surface area contributed by atoms with Crippen LogP contribution in [0, 0.1) is 5.92 Å². The van der Waals surface area contributed by atoms with E-state index in [4.69, 9.17) is 0 Å². The monoisotopic (exact) mass is 194 g/mol. The molecule has 2 atom stereocenters. The summed E-state index contributed by atoms with van der Waals surface area (Å²) >= 11 is 0. The van der Waals surface area contributed by atoms with Crippen molar-refractivity contribution < 1.29 is 0 Å². The lowest BCUT2D eigenvalue weighted by molar-refractivity contribution is 0.238. The zero-order valence-electron chi connectivity index (χ0n) is 9.42. The largest absolute Gasteiger partial charge is 0.314 e. The number of hydrogen-bond acceptors (Lipinski definition) is 2. The summed E-state index contributed by atoms with van der Waals surface area (Å²) in [5.41, 5.74) is 1.57. The van der Waals surface area contributed by atoms with Crippen molar-refractivity contribution in [2.24, 2.45) is 5.92 Å². The molecule has 0 amide bonds. The summed E-state index contributed by atoms with van der Waals surface area (Å²) in [7, 11) is 0. The second kappa shape index (κ2) is 4.45. The molecule has 1 fully saturated rings. The minimum Gasteiger partial charge on any atom is -0.314 e. The van der Waals surface area contributed by atoms with E-state index in [1.54, 1.807) is 5.57 Å². The van der Waals surface area contributed by atoms with Gasteiger partial charge in [0.15, 0.2) is 0 Å². The highest BCUT2D eigenvalue weighted by atomic mass is 15.1. The van der Waals surface area contributed by atoms with Gasteiger partial charge in [-0.1, -0.05) is 11.6 Å². The highest BCUT2D eigenvalue weighted by molar-refractivity contribution is 5.04.